The Morgan fingerprint density at radius 3 is 2.75 bits per heavy atom. The lowest BCUT2D eigenvalue weighted by atomic mass is 9.43. The molecule has 0 amide bonds. The molecule has 0 aromatic heterocycles. The van der Waals surface area contributed by atoms with Crippen molar-refractivity contribution in [3.63, 3.8) is 0 Å². The maximum absolute atomic E-state index is 12.2. The highest BCUT2D eigenvalue weighted by molar-refractivity contribution is 5.96. The third-order valence-electron chi connectivity index (χ3n) is 8.34. The molecule has 0 aliphatic heterocycles. The summed E-state index contributed by atoms with van der Waals surface area (Å²) in [7, 11) is 0. The SMILES string of the molecule is C[C@]12C/C(=C\O)C(=O)C[C@@H]1CC[C@H]1[C@@H]3C=CC[C@H](O)[C@@]3(C)CC[C@@H]12. The zero-order chi connectivity index (χ0) is 17.1. The predicted molar refractivity (Wildman–Crippen MR) is 93.4 cm³/mol. The number of fused-ring (bicyclic) bond motifs is 5. The van der Waals surface area contributed by atoms with Crippen LogP contribution in [0.2, 0.25) is 0 Å². The van der Waals surface area contributed by atoms with Gasteiger partial charge >= 0.3 is 0 Å². The smallest absolute Gasteiger partial charge is 0.162 e. The van der Waals surface area contributed by atoms with Crippen molar-refractivity contribution in [2.75, 3.05) is 0 Å². The molecule has 0 spiro atoms. The molecule has 0 unspecified atom stereocenters. The maximum Gasteiger partial charge on any atom is 0.162 e. The summed E-state index contributed by atoms with van der Waals surface area (Å²) in [6.45, 7) is 4.63. The minimum absolute atomic E-state index is 0.0131. The second-order valence-electron chi connectivity index (χ2n) is 9.26. The van der Waals surface area contributed by atoms with Gasteiger partial charge in [-0.3, -0.25) is 4.79 Å². The monoisotopic (exact) mass is 330 g/mol. The first-order valence-electron chi connectivity index (χ1n) is 9.61. The third kappa shape index (κ3) is 2.09. The minimum Gasteiger partial charge on any atom is -0.515 e. The maximum atomic E-state index is 12.2. The highest BCUT2D eigenvalue weighted by Crippen LogP contribution is 2.64. The molecule has 2 N–H and O–H groups in total. The van der Waals surface area contributed by atoms with Crippen LogP contribution >= 0.6 is 0 Å². The van der Waals surface area contributed by atoms with E-state index in [1.807, 2.05) is 0 Å². The van der Waals surface area contributed by atoms with E-state index in [4.69, 9.17) is 0 Å². The van der Waals surface area contributed by atoms with Gasteiger partial charge in [-0.15, -0.1) is 0 Å². The number of carbonyl (C=O) groups excluding carboxylic acids is 1. The van der Waals surface area contributed by atoms with E-state index in [1.165, 1.54) is 6.42 Å². The molecule has 0 aromatic rings. The summed E-state index contributed by atoms with van der Waals surface area (Å²) in [5, 5.41) is 20.1. The lowest BCUT2D eigenvalue weighted by Gasteiger charge is -2.61. The van der Waals surface area contributed by atoms with Gasteiger partial charge in [0.2, 0.25) is 0 Å². The van der Waals surface area contributed by atoms with E-state index in [0.29, 0.717) is 35.7 Å². The summed E-state index contributed by atoms with van der Waals surface area (Å²) >= 11 is 0. The molecule has 4 rings (SSSR count). The first-order valence-corrected chi connectivity index (χ1v) is 9.61. The fourth-order valence-electron chi connectivity index (χ4n) is 6.78. The standard InChI is InChI=1S/C21H30O3/c1-20-9-8-17-15(16(20)4-3-5-19(20)24)7-6-14-10-18(23)13(12-22)11-21(14,17)2/h3-4,12,14-17,19,22,24H,5-11H2,1-2H3/b13-12+/t14-,15-,16-,17-,19-,20-,21-/m0/s1. The van der Waals surface area contributed by atoms with Gasteiger partial charge in [0.1, 0.15) is 0 Å². The summed E-state index contributed by atoms with van der Waals surface area (Å²) in [4.78, 5) is 12.2. The predicted octanol–water partition coefficient (Wildman–Crippen LogP) is 4.18. The lowest BCUT2D eigenvalue weighted by Crippen LogP contribution is -2.56. The molecule has 3 heteroatoms. The second kappa shape index (κ2) is 5.45. The molecule has 0 saturated heterocycles. The topological polar surface area (TPSA) is 57.5 Å². The molecule has 0 heterocycles. The average Bonchev–Trinajstić information content (AvgIpc) is 2.56. The number of aliphatic hydroxyl groups excluding tert-OH is 2. The molecular weight excluding hydrogens is 300 g/mol. The van der Waals surface area contributed by atoms with E-state index >= 15 is 0 Å². The van der Waals surface area contributed by atoms with Crippen LogP contribution in [-0.2, 0) is 4.79 Å². The van der Waals surface area contributed by atoms with Gasteiger partial charge < -0.3 is 10.2 Å². The van der Waals surface area contributed by atoms with Crippen LogP contribution in [0.3, 0.4) is 0 Å². The molecule has 7 atom stereocenters. The minimum atomic E-state index is -0.222. The van der Waals surface area contributed by atoms with E-state index in [1.54, 1.807) is 0 Å². The number of aliphatic hydroxyl groups is 2. The van der Waals surface area contributed by atoms with Gasteiger partial charge in [-0.25, -0.2) is 0 Å². The molecule has 0 radical (unpaired) electrons. The van der Waals surface area contributed by atoms with Crippen molar-refractivity contribution in [1.82, 2.24) is 0 Å². The summed E-state index contributed by atoms with van der Waals surface area (Å²) in [5.74, 6) is 2.25. The van der Waals surface area contributed by atoms with Gasteiger partial charge in [0.25, 0.3) is 0 Å². The van der Waals surface area contributed by atoms with E-state index in [9.17, 15) is 15.0 Å². The Kier molecular flexibility index (Phi) is 3.72. The van der Waals surface area contributed by atoms with E-state index in [-0.39, 0.29) is 22.7 Å². The molecule has 0 aromatic carbocycles. The summed E-state index contributed by atoms with van der Waals surface area (Å²) in [6, 6.07) is 0. The van der Waals surface area contributed by atoms with Crippen molar-refractivity contribution in [2.45, 2.75) is 64.9 Å². The lowest BCUT2D eigenvalue weighted by molar-refractivity contribution is -0.139. The van der Waals surface area contributed by atoms with Crippen LogP contribution < -0.4 is 0 Å². The Bertz CT molecular complexity index is 606. The number of carbonyl (C=O) groups is 1. The highest BCUT2D eigenvalue weighted by Gasteiger charge is 2.58. The van der Waals surface area contributed by atoms with Crippen LogP contribution in [0.25, 0.3) is 0 Å². The second-order valence-corrected chi connectivity index (χ2v) is 9.26. The van der Waals surface area contributed by atoms with Gasteiger partial charge in [0.05, 0.1) is 12.4 Å². The fourth-order valence-corrected chi connectivity index (χ4v) is 6.78. The van der Waals surface area contributed by atoms with Crippen LogP contribution in [-0.4, -0.2) is 22.1 Å². The van der Waals surface area contributed by atoms with Gasteiger partial charge in [-0.1, -0.05) is 26.0 Å². The zero-order valence-electron chi connectivity index (χ0n) is 14.9. The van der Waals surface area contributed by atoms with Gasteiger partial charge in [0, 0.05) is 17.4 Å². The van der Waals surface area contributed by atoms with Crippen molar-refractivity contribution in [2.24, 2.45) is 34.5 Å². The Hall–Kier alpha value is -1.09. The molecule has 3 fully saturated rings. The van der Waals surface area contributed by atoms with E-state index in [2.05, 4.69) is 26.0 Å². The van der Waals surface area contributed by atoms with Crippen LogP contribution in [0.1, 0.15) is 58.8 Å². The van der Waals surface area contributed by atoms with Gasteiger partial charge in [-0.2, -0.15) is 0 Å². The zero-order valence-corrected chi connectivity index (χ0v) is 14.9. The van der Waals surface area contributed by atoms with Gasteiger partial charge in [-0.05, 0) is 67.6 Å². The molecule has 4 aliphatic rings. The number of rotatable bonds is 0. The molecule has 132 valence electrons. The quantitative estimate of drug-likeness (QED) is 0.398. The van der Waals surface area contributed by atoms with Crippen LogP contribution in [0.5, 0.6) is 0 Å². The summed E-state index contributed by atoms with van der Waals surface area (Å²) in [5.41, 5.74) is 0.754. The molecule has 4 aliphatic carbocycles. The Morgan fingerprint density at radius 1 is 1.21 bits per heavy atom. The van der Waals surface area contributed by atoms with E-state index < -0.39 is 0 Å². The number of allylic oxidation sites excluding steroid dienone is 2. The molecule has 3 nitrogen and oxygen atoms in total. The van der Waals surface area contributed by atoms with Crippen LogP contribution in [0.4, 0.5) is 0 Å². The normalized spacial score (nSPS) is 52.5. The van der Waals surface area contributed by atoms with Crippen molar-refractivity contribution >= 4 is 5.78 Å². The number of Topliss-reactive ketones (excluding diaryl/α,β-unsaturated/α-hetero) is 1. The Morgan fingerprint density at radius 2 is 2.00 bits per heavy atom. The van der Waals surface area contributed by atoms with Crippen LogP contribution in [0, 0.1) is 34.5 Å². The molecule has 24 heavy (non-hydrogen) atoms. The first-order chi connectivity index (χ1) is 11.4. The average molecular weight is 330 g/mol. The van der Waals surface area contributed by atoms with Crippen molar-refractivity contribution in [3.8, 4) is 0 Å². The molecule has 0 bridgehead atoms. The van der Waals surface area contributed by atoms with Crippen molar-refractivity contribution in [3.05, 3.63) is 24.0 Å². The Labute approximate surface area is 144 Å². The summed E-state index contributed by atoms with van der Waals surface area (Å²) in [6.07, 6.45) is 12.0. The van der Waals surface area contributed by atoms with Crippen molar-refractivity contribution in [1.29, 1.82) is 0 Å². The van der Waals surface area contributed by atoms with Crippen LogP contribution in [0.15, 0.2) is 24.0 Å². The highest BCUT2D eigenvalue weighted by atomic mass is 16.3. The Balaban J connectivity index is 1.68. The summed E-state index contributed by atoms with van der Waals surface area (Å²) < 4.78 is 0. The third-order valence-corrected chi connectivity index (χ3v) is 8.34. The van der Waals surface area contributed by atoms with E-state index in [0.717, 1.165) is 38.4 Å². The largest absolute Gasteiger partial charge is 0.515 e. The van der Waals surface area contributed by atoms with Crippen molar-refractivity contribution < 1.29 is 15.0 Å². The number of hydrogen-bond donors (Lipinski definition) is 2. The fraction of sp³-hybridized carbons (Fsp3) is 0.762. The first kappa shape index (κ1) is 16.4. The number of hydrogen-bond acceptors (Lipinski definition) is 3. The number of ketones is 1. The van der Waals surface area contributed by atoms with Gasteiger partial charge in [0.15, 0.2) is 5.78 Å². The molecular formula is C21H30O3. The molecule has 3 saturated carbocycles.